The van der Waals surface area contributed by atoms with E-state index in [-0.39, 0.29) is 23.3 Å². The summed E-state index contributed by atoms with van der Waals surface area (Å²) in [6, 6.07) is 18.9. The van der Waals surface area contributed by atoms with Crippen molar-refractivity contribution in [2.75, 3.05) is 21.4 Å². The van der Waals surface area contributed by atoms with E-state index in [4.69, 9.17) is 0 Å². The number of nitrogens with zero attached hydrogens (tertiary/aromatic N) is 3. The van der Waals surface area contributed by atoms with Gasteiger partial charge in [-0.25, -0.2) is 4.79 Å². The van der Waals surface area contributed by atoms with E-state index in [1.165, 1.54) is 47.1 Å². The minimum atomic E-state index is -4.75. The van der Waals surface area contributed by atoms with E-state index in [2.05, 4.69) is 25.6 Å². The van der Waals surface area contributed by atoms with E-state index in [0.29, 0.717) is 22.1 Å². The third kappa shape index (κ3) is 7.60. The Hall–Kier alpha value is -4.32. The molecule has 3 aromatic rings. The quantitative estimate of drug-likeness (QED) is 0.246. The van der Waals surface area contributed by atoms with E-state index in [1.54, 1.807) is 24.3 Å². The minimum Gasteiger partial charge on any atom is -0.406 e. The van der Waals surface area contributed by atoms with Crippen molar-refractivity contribution in [3.63, 3.8) is 0 Å². The average molecular weight is 556 g/mol. The van der Waals surface area contributed by atoms with E-state index < -0.39 is 12.4 Å². The molecule has 1 aliphatic heterocycles. The van der Waals surface area contributed by atoms with Gasteiger partial charge < -0.3 is 10.1 Å². The maximum absolute atomic E-state index is 12.6. The van der Waals surface area contributed by atoms with Gasteiger partial charge in [-0.1, -0.05) is 43.8 Å². The van der Waals surface area contributed by atoms with Crippen LogP contribution < -0.4 is 20.4 Å². The third-order valence-electron chi connectivity index (χ3n) is 5.42. The van der Waals surface area contributed by atoms with Gasteiger partial charge in [-0.2, -0.15) is 10.1 Å². The number of nitrogens with one attached hydrogen (secondary N) is 2. The van der Waals surface area contributed by atoms with Gasteiger partial charge in [-0.3, -0.25) is 15.1 Å². The molecule has 1 heterocycles. The van der Waals surface area contributed by atoms with Crippen LogP contribution in [0.4, 0.5) is 35.0 Å². The maximum atomic E-state index is 12.6. The largest absolute Gasteiger partial charge is 0.573 e. The average Bonchev–Trinajstić information content (AvgIpc) is 3.24. The van der Waals surface area contributed by atoms with Crippen molar-refractivity contribution in [3.8, 4) is 5.75 Å². The summed E-state index contributed by atoms with van der Waals surface area (Å²) in [5, 5.41) is 7.05. The highest BCUT2D eigenvalue weighted by Crippen LogP contribution is 2.33. The zero-order valence-electron chi connectivity index (χ0n) is 20.9. The molecule has 202 valence electrons. The number of ether oxygens (including phenoxy) is 1. The number of benzene rings is 3. The first-order valence-corrected chi connectivity index (χ1v) is 12.8. The van der Waals surface area contributed by atoms with E-state index in [9.17, 15) is 22.8 Å². The Bertz CT molecular complexity index is 1390. The molecule has 39 heavy (non-hydrogen) atoms. The smallest absolute Gasteiger partial charge is 0.406 e. The Balaban J connectivity index is 1.35. The van der Waals surface area contributed by atoms with Crippen molar-refractivity contribution in [1.82, 2.24) is 0 Å². The van der Waals surface area contributed by atoms with Crippen molar-refractivity contribution in [2.45, 2.75) is 26.1 Å². The van der Waals surface area contributed by atoms with Crippen molar-refractivity contribution in [1.29, 1.82) is 0 Å². The van der Waals surface area contributed by atoms with Gasteiger partial charge in [-0.05, 0) is 71.6 Å². The van der Waals surface area contributed by atoms with Crippen molar-refractivity contribution >= 4 is 52.1 Å². The molecule has 0 saturated carbocycles. The van der Waals surface area contributed by atoms with Gasteiger partial charge in [0, 0.05) is 5.69 Å². The second-order valence-electron chi connectivity index (χ2n) is 8.62. The van der Waals surface area contributed by atoms with Crippen LogP contribution in [0.3, 0.4) is 0 Å². The molecule has 0 spiro atoms. The minimum absolute atomic E-state index is 0.138. The van der Waals surface area contributed by atoms with Gasteiger partial charge in [0.05, 0.1) is 23.3 Å². The van der Waals surface area contributed by atoms with E-state index in [0.717, 1.165) is 11.3 Å². The first-order chi connectivity index (χ1) is 18.6. The van der Waals surface area contributed by atoms with Crippen molar-refractivity contribution in [2.24, 2.45) is 10.1 Å². The molecule has 0 aliphatic carbocycles. The summed E-state index contributed by atoms with van der Waals surface area (Å²) < 4.78 is 40.6. The molecular formula is C27H24F3N5O3S. The fourth-order valence-electron chi connectivity index (χ4n) is 3.66. The predicted octanol–water partition coefficient (Wildman–Crippen LogP) is 6.82. The number of amides is 3. The molecule has 8 nitrogen and oxygen atoms in total. The van der Waals surface area contributed by atoms with E-state index in [1.807, 2.05) is 38.1 Å². The molecule has 0 aromatic heterocycles. The zero-order valence-corrected chi connectivity index (χ0v) is 21.7. The number of hydrogen-bond acceptors (Lipinski definition) is 6. The molecule has 0 atom stereocenters. The number of thioether (sulfide) groups is 1. The molecule has 0 radical (unpaired) electrons. The predicted molar refractivity (Wildman–Crippen MR) is 148 cm³/mol. The lowest BCUT2D eigenvalue weighted by atomic mass is 10.0. The Labute approximate surface area is 227 Å². The highest BCUT2D eigenvalue weighted by molar-refractivity contribution is 8.15. The lowest BCUT2D eigenvalue weighted by molar-refractivity contribution is -0.274. The molecule has 1 aliphatic rings. The number of carbonyl (C=O) groups excluding carboxylic acids is 2. The van der Waals surface area contributed by atoms with Gasteiger partial charge in [0.25, 0.3) is 0 Å². The summed E-state index contributed by atoms with van der Waals surface area (Å²) in [4.78, 5) is 30.9. The standard InChI is InChI=1S/C27H24F3N5O3S/c1-17(2)22-5-3-4-6-23(22)35-24(36)16-39-26(35)33-25(37)32-19-9-11-20(12-10-19)34-31-15-18-7-13-21(14-8-18)38-27(28,29)30/h3-15,17,34H,16H2,1-2H3,(H,32,37)/b31-15+,33-26?. The van der Waals surface area contributed by atoms with Crippen LogP contribution in [0, 0.1) is 0 Å². The molecule has 4 rings (SSSR count). The summed E-state index contributed by atoms with van der Waals surface area (Å²) in [6.45, 7) is 4.07. The lowest BCUT2D eigenvalue weighted by Crippen LogP contribution is -2.31. The summed E-state index contributed by atoms with van der Waals surface area (Å²) in [6.07, 6.45) is -3.31. The van der Waals surface area contributed by atoms with Crippen LogP contribution in [-0.2, 0) is 4.79 Å². The summed E-state index contributed by atoms with van der Waals surface area (Å²) in [7, 11) is 0. The highest BCUT2D eigenvalue weighted by atomic mass is 32.2. The number of carbonyl (C=O) groups is 2. The number of hydrazone groups is 1. The molecule has 0 unspecified atom stereocenters. The van der Waals surface area contributed by atoms with Gasteiger partial charge in [0.2, 0.25) is 5.91 Å². The normalized spacial score (nSPS) is 14.9. The number of alkyl halides is 3. The molecule has 1 saturated heterocycles. The SMILES string of the molecule is CC(C)c1ccccc1N1C(=O)CSC1=NC(=O)Nc1ccc(N/N=C/c2ccc(OC(F)(F)F)cc2)cc1. The highest BCUT2D eigenvalue weighted by Gasteiger charge is 2.32. The van der Waals surface area contributed by atoms with Crippen LogP contribution in [0.25, 0.3) is 0 Å². The monoisotopic (exact) mass is 555 g/mol. The second kappa shape index (κ2) is 12.0. The number of aliphatic imine (C=N–C) groups is 1. The number of anilines is 3. The number of urea groups is 1. The second-order valence-corrected chi connectivity index (χ2v) is 9.56. The summed E-state index contributed by atoms with van der Waals surface area (Å²) in [5.41, 5.74) is 6.17. The molecule has 2 N–H and O–H groups in total. The van der Waals surface area contributed by atoms with Crippen LogP contribution in [0.5, 0.6) is 5.75 Å². The number of rotatable bonds is 7. The number of amidine groups is 1. The Morgan fingerprint density at radius 1 is 1.03 bits per heavy atom. The third-order valence-corrected chi connectivity index (χ3v) is 6.34. The zero-order chi connectivity index (χ0) is 28.0. The van der Waals surface area contributed by atoms with Crippen molar-refractivity contribution < 1.29 is 27.5 Å². The molecule has 3 amide bonds. The first kappa shape index (κ1) is 27.7. The fraction of sp³-hybridized carbons (Fsp3) is 0.185. The summed E-state index contributed by atoms with van der Waals surface area (Å²) >= 11 is 1.21. The van der Waals surface area contributed by atoms with Gasteiger partial charge in [0.15, 0.2) is 5.17 Å². The number of hydrogen-bond donors (Lipinski definition) is 2. The van der Waals surface area contributed by atoms with Gasteiger partial charge >= 0.3 is 12.4 Å². The number of halogens is 3. The first-order valence-electron chi connectivity index (χ1n) is 11.8. The van der Waals surface area contributed by atoms with Crippen LogP contribution in [0.15, 0.2) is 82.9 Å². The van der Waals surface area contributed by atoms with Crippen LogP contribution in [-0.4, -0.2) is 35.4 Å². The van der Waals surface area contributed by atoms with E-state index >= 15 is 0 Å². The molecule has 0 bridgehead atoms. The number of para-hydroxylation sites is 1. The topological polar surface area (TPSA) is 95.4 Å². The molecule has 3 aromatic carbocycles. The van der Waals surface area contributed by atoms with Crippen LogP contribution in [0.2, 0.25) is 0 Å². The molecule has 12 heteroatoms. The Morgan fingerprint density at radius 3 is 2.36 bits per heavy atom. The van der Waals surface area contributed by atoms with Crippen LogP contribution >= 0.6 is 11.8 Å². The Morgan fingerprint density at radius 2 is 1.69 bits per heavy atom. The van der Waals surface area contributed by atoms with Crippen LogP contribution in [0.1, 0.15) is 30.9 Å². The molecular weight excluding hydrogens is 531 g/mol. The summed E-state index contributed by atoms with van der Waals surface area (Å²) in [5.74, 6) is -0.0717. The van der Waals surface area contributed by atoms with Gasteiger partial charge in [-0.15, -0.1) is 13.2 Å². The van der Waals surface area contributed by atoms with Gasteiger partial charge in [0.1, 0.15) is 5.75 Å². The lowest BCUT2D eigenvalue weighted by Gasteiger charge is -2.21. The Kier molecular flexibility index (Phi) is 8.55. The van der Waals surface area contributed by atoms with Crippen molar-refractivity contribution in [3.05, 3.63) is 83.9 Å². The molecule has 1 fully saturated rings. The fourth-order valence-corrected chi connectivity index (χ4v) is 4.52. The maximum Gasteiger partial charge on any atom is 0.573 e.